The Balaban J connectivity index is 1.66. The number of hydrogen-bond donors (Lipinski definition) is 0. The van der Waals surface area contributed by atoms with Gasteiger partial charge in [0.15, 0.2) is 12.3 Å². The number of aryl methyl sites for hydroxylation is 2. The largest absolute Gasteiger partial charge is 0.453 e. The van der Waals surface area contributed by atoms with Crippen molar-refractivity contribution in [3.05, 3.63) is 73.4 Å². The Morgan fingerprint density at radius 2 is 2.00 bits per heavy atom. The maximum atomic E-state index is 12.6. The van der Waals surface area contributed by atoms with Crippen LogP contribution < -0.4 is 0 Å². The molecule has 8 heteroatoms. The average Bonchev–Trinajstić information content (AvgIpc) is 3.28. The van der Waals surface area contributed by atoms with E-state index < -0.39 is 12.6 Å². The number of carbonyl (C=O) groups excluding carboxylic acids is 2. The Hall–Kier alpha value is -2.15. The molecule has 0 aliphatic heterocycles. The summed E-state index contributed by atoms with van der Waals surface area (Å²) in [5, 5.41) is 2.29. The third-order valence-electron chi connectivity index (χ3n) is 4.38. The molecule has 0 radical (unpaired) electrons. The molecule has 3 rings (SSSR count). The molecule has 0 saturated carbocycles. The Morgan fingerprint density at radius 1 is 1.21 bits per heavy atom. The van der Waals surface area contributed by atoms with E-state index in [1.165, 1.54) is 17.0 Å². The Labute approximate surface area is 176 Å². The molecule has 3 aromatic heterocycles. The van der Waals surface area contributed by atoms with Crippen molar-refractivity contribution < 1.29 is 14.3 Å². The second-order valence-corrected chi connectivity index (χ2v) is 8.06. The number of ketones is 1. The smallest absolute Gasteiger partial charge is 0.359 e. The van der Waals surface area contributed by atoms with Crippen LogP contribution in [-0.2, 0) is 17.7 Å². The molecule has 3 heterocycles. The summed E-state index contributed by atoms with van der Waals surface area (Å²) in [6.45, 7) is 4.25. The van der Waals surface area contributed by atoms with Crippen LogP contribution in [0.2, 0.25) is 10.2 Å². The molecule has 146 valence electrons. The molecule has 0 atom stereocenters. The molecule has 0 saturated heterocycles. The summed E-state index contributed by atoms with van der Waals surface area (Å²) in [5.41, 5.74) is 2.28. The van der Waals surface area contributed by atoms with Gasteiger partial charge in [0, 0.05) is 28.4 Å². The number of carbonyl (C=O) groups is 2. The van der Waals surface area contributed by atoms with Crippen molar-refractivity contribution in [2.75, 3.05) is 6.61 Å². The Morgan fingerprint density at radius 3 is 2.71 bits per heavy atom. The van der Waals surface area contributed by atoms with E-state index in [4.69, 9.17) is 27.9 Å². The van der Waals surface area contributed by atoms with Crippen molar-refractivity contribution in [3.63, 3.8) is 0 Å². The van der Waals surface area contributed by atoms with Gasteiger partial charge in [0.05, 0.1) is 5.02 Å². The summed E-state index contributed by atoms with van der Waals surface area (Å²) in [7, 11) is 0. The molecule has 0 bridgehead atoms. The summed E-state index contributed by atoms with van der Waals surface area (Å²) in [5.74, 6) is -1.06. The topological polar surface area (TPSA) is 61.2 Å². The lowest BCUT2D eigenvalue weighted by Gasteiger charge is -2.09. The number of aromatic nitrogens is 2. The van der Waals surface area contributed by atoms with Gasteiger partial charge in [-0.3, -0.25) is 4.79 Å². The van der Waals surface area contributed by atoms with Gasteiger partial charge in [-0.1, -0.05) is 29.3 Å². The predicted molar refractivity (Wildman–Crippen MR) is 111 cm³/mol. The summed E-state index contributed by atoms with van der Waals surface area (Å²) >= 11 is 13.4. The van der Waals surface area contributed by atoms with Crippen LogP contribution in [0.5, 0.6) is 0 Å². The van der Waals surface area contributed by atoms with E-state index in [0.29, 0.717) is 5.56 Å². The molecule has 0 N–H and O–H groups in total. The number of ether oxygens (including phenoxy) is 1. The van der Waals surface area contributed by atoms with E-state index in [1.807, 2.05) is 26.0 Å². The minimum atomic E-state index is -0.785. The van der Waals surface area contributed by atoms with Crippen molar-refractivity contribution in [2.24, 2.45) is 0 Å². The first-order chi connectivity index (χ1) is 13.4. The lowest BCUT2D eigenvalue weighted by molar-refractivity contribution is 0.0469. The van der Waals surface area contributed by atoms with Crippen LogP contribution in [0.25, 0.3) is 0 Å². The highest BCUT2D eigenvalue weighted by atomic mass is 35.5. The lowest BCUT2D eigenvalue weighted by Crippen LogP contribution is -2.16. The monoisotopic (exact) mass is 436 g/mol. The fraction of sp³-hybridized carbons (Fsp3) is 0.250. The maximum absolute atomic E-state index is 12.6. The van der Waals surface area contributed by atoms with E-state index in [2.05, 4.69) is 21.0 Å². The number of pyridine rings is 1. The zero-order valence-corrected chi connectivity index (χ0v) is 17.7. The Kier molecular flexibility index (Phi) is 6.54. The third-order valence-corrected chi connectivity index (χ3v) is 5.83. The third kappa shape index (κ3) is 4.63. The van der Waals surface area contributed by atoms with E-state index >= 15 is 0 Å². The fourth-order valence-electron chi connectivity index (χ4n) is 2.94. The number of nitrogens with zero attached hydrogens (tertiary/aromatic N) is 2. The van der Waals surface area contributed by atoms with Gasteiger partial charge in [-0.2, -0.15) is 0 Å². The SMILES string of the molecule is Cc1cc(C(=O)COC(=O)c2nc(Cl)ccc2Cl)c(C)n1CCc1cccs1. The van der Waals surface area contributed by atoms with Crippen LogP contribution in [0.15, 0.2) is 35.7 Å². The zero-order valence-electron chi connectivity index (χ0n) is 15.4. The molecule has 0 aliphatic rings. The average molecular weight is 437 g/mol. The van der Waals surface area contributed by atoms with Gasteiger partial charge in [0.25, 0.3) is 0 Å². The normalized spacial score (nSPS) is 10.9. The molecule has 0 amide bonds. The van der Waals surface area contributed by atoms with Crippen molar-refractivity contribution in [1.82, 2.24) is 9.55 Å². The molecule has 0 unspecified atom stereocenters. The van der Waals surface area contributed by atoms with Gasteiger partial charge in [0.1, 0.15) is 5.15 Å². The predicted octanol–water partition coefficient (Wildman–Crippen LogP) is 5.15. The minimum Gasteiger partial charge on any atom is -0.453 e. The zero-order chi connectivity index (χ0) is 20.3. The molecule has 0 fully saturated rings. The van der Waals surface area contributed by atoms with Crippen LogP contribution in [0.4, 0.5) is 0 Å². The summed E-state index contributed by atoms with van der Waals surface area (Å²) in [6.07, 6.45) is 0.898. The number of halogens is 2. The van der Waals surface area contributed by atoms with E-state index in [1.54, 1.807) is 11.3 Å². The van der Waals surface area contributed by atoms with Crippen LogP contribution >= 0.6 is 34.5 Å². The number of rotatable bonds is 7. The van der Waals surface area contributed by atoms with Crippen LogP contribution in [0.1, 0.15) is 37.1 Å². The summed E-state index contributed by atoms with van der Waals surface area (Å²) in [4.78, 5) is 29.9. The molecule has 0 spiro atoms. The molecular weight excluding hydrogens is 419 g/mol. The molecule has 3 aromatic rings. The molecule has 28 heavy (non-hydrogen) atoms. The fourth-order valence-corrected chi connectivity index (χ4v) is 3.97. The van der Waals surface area contributed by atoms with Crippen LogP contribution in [0, 0.1) is 13.8 Å². The highest BCUT2D eigenvalue weighted by Crippen LogP contribution is 2.20. The van der Waals surface area contributed by atoms with Gasteiger partial charge in [0.2, 0.25) is 5.78 Å². The van der Waals surface area contributed by atoms with Gasteiger partial charge in [-0.25, -0.2) is 9.78 Å². The van der Waals surface area contributed by atoms with Crippen molar-refractivity contribution in [3.8, 4) is 0 Å². The van der Waals surface area contributed by atoms with E-state index in [-0.39, 0.29) is 21.7 Å². The second-order valence-electron chi connectivity index (χ2n) is 6.23. The summed E-state index contributed by atoms with van der Waals surface area (Å²) < 4.78 is 7.20. The van der Waals surface area contributed by atoms with Gasteiger partial charge >= 0.3 is 5.97 Å². The highest BCUT2D eigenvalue weighted by Gasteiger charge is 2.20. The number of thiophene rings is 1. The second kappa shape index (κ2) is 8.90. The standard InChI is InChI=1S/C20H18Cl2N2O3S/c1-12-10-15(13(2)24(12)8-7-14-4-3-9-28-14)17(25)11-27-20(26)19-16(21)5-6-18(22)23-19/h3-6,9-10H,7-8,11H2,1-2H3. The van der Waals surface area contributed by atoms with E-state index in [0.717, 1.165) is 24.4 Å². The first-order valence-corrected chi connectivity index (χ1v) is 10.2. The lowest BCUT2D eigenvalue weighted by atomic mass is 10.1. The first kappa shape index (κ1) is 20.6. The number of esters is 1. The van der Waals surface area contributed by atoms with Crippen LogP contribution in [0.3, 0.4) is 0 Å². The molecular formula is C20H18Cl2N2O3S. The van der Waals surface area contributed by atoms with Crippen molar-refractivity contribution in [2.45, 2.75) is 26.8 Å². The molecule has 5 nitrogen and oxygen atoms in total. The van der Waals surface area contributed by atoms with Crippen LogP contribution in [-0.4, -0.2) is 27.9 Å². The molecule has 0 aromatic carbocycles. The number of Topliss-reactive ketones (excluding diaryl/α,β-unsaturated/α-hetero) is 1. The van der Waals surface area contributed by atoms with Crippen molar-refractivity contribution >= 4 is 46.3 Å². The van der Waals surface area contributed by atoms with Crippen molar-refractivity contribution in [1.29, 1.82) is 0 Å². The summed E-state index contributed by atoms with van der Waals surface area (Å²) in [6, 6.07) is 8.87. The number of hydrogen-bond acceptors (Lipinski definition) is 5. The first-order valence-electron chi connectivity index (χ1n) is 8.58. The maximum Gasteiger partial charge on any atom is 0.359 e. The minimum absolute atomic E-state index is 0.108. The van der Waals surface area contributed by atoms with Gasteiger partial charge < -0.3 is 9.30 Å². The van der Waals surface area contributed by atoms with Gasteiger partial charge in [-0.15, -0.1) is 11.3 Å². The van der Waals surface area contributed by atoms with E-state index in [9.17, 15) is 9.59 Å². The highest BCUT2D eigenvalue weighted by molar-refractivity contribution is 7.09. The quantitative estimate of drug-likeness (QED) is 0.291. The van der Waals surface area contributed by atoms with Gasteiger partial charge in [-0.05, 0) is 49.9 Å². The molecule has 0 aliphatic carbocycles. The Bertz CT molecular complexity index is 1010.